The van der Waals surface area contributed by atoms with Gasteiger partial charge in [-0.3, -0.25) is 18.9 Å². The van der Waals surface area contributed by atoms with Crippen LogP contribution in [0, 0.1) is 17.2 Å². The fraction of sp³-hybridized carbons (Fsp3) is 0.500. The Morgan fingerprint density at radius 2 is 1.93 bits per heavy atom. The number of thioether (sulfide) groups is 1. The van der Waals surface area contributed by atoms with Crippen molar-refractivity contribution in [3.05, 3.63) is 54.5 Å². The maximum Gasteiger partial charge on any atom is 0.459 e. The van der Waals surface area contributed by atoms with Crippen LogP contribution in [0.1, 0.15) is 39.3 Å². The van der Waals surface area contributed by atoms with Gasteiger partial charge < -0.3 is 33.8 Å². The van der Waals surface area contributed by atoms with Crippen LogP contribution in [0.4, 0.5) is 5.82 Å². The van der Waals surface area contributed by atoms with E-state index in [1.807, 2.05) is 19.9 Å². The van der Waals surface area contributed by atoms with Crippen LogP contribution in [0.15, 0.2) is 53.8 Å². The van der Waals surface area contributed by atoms with Gasteiger partial charge in [-0.25, -0.2) is 19.1 Å². The zero-order valence-corrected chi connectivity index (χ0v) is 32.1. The number of ether oxygens (including phenoxy) is 3. The van der Waals surface area contributed by atoms with Crippen LogP contribution < -0.4 is 9.61 Å². The highest BCUT2D eigenvalue weighted by Crippen LogP contribution is 2.48. The van der Waals surface area contributed by atoms with Gasteiger partial charge in [-0.05, 0) is 37.1 Å². The van der Waals surface area contributed by atoms with Gasteiger partial charge in [-0.2, -0.15) is 15.4 Å². The number of fused-ring (bicyclic) bond motifs is 1. The summed E-state index contributed by atoms with van der Waals surface area (Å²) in [6, 6.07) is 11.8. The normalized spacial score (nSPS) is 21.4. The molecule has 20 heteroatoms. The first-order valence-electron chi connectivity index (χ1n) is 17.0. The number of nitrogens with zero attached hydrogens (tertiary/aromatic N) is 6. The summed E-state index contributed by atoms with van der Waals surface area (Å²) in [5.74, 6) is -3.10. The lowest BCUT2D eigenvalue weighted by atomic mass is 9.92. The number of aliphatic hydroxyl groups excluding tert-OH is 1. The van der Waals surface area contributed by atoms with Gasteiger partial charge in [0, 0.05) is 14.1 Å². The van der Waals surface area contributed by atoms with Gasteiger partial charge in [0.25, 0.3) is 0 Å². The molecule has 4 rings (SSSR count). The van der Waals surface area contributed by atoms with Crippen LogP contribution >= 0.6 is 19.5 Å². The molecule has 0 unspecified atom stereocenters. The lowest BCUT2D eigenvalue weighted by Crippen LogP contribution is -2.43. The molecular formula is C34H44N7O11PS. The van der Waals surface area contributed by atoms with Crippen molar-refractivity contribution in [3.63, 3.8) is 0 Å². The summed E-state index contributed by atoms with van der Waals surface area (Å²) in [6.45, 7) is 4.84. The highest BCUT2D eigenvalue weighted by Gasteiger charge is 2.60. The number of nitrogens with one attached hydrogen (secondary N) is 1. The highest BCUT2D eigenvalue weighted by atomic mass is 32.2. The maximum absolute atomic E-state index is 14.4. The monoisotopic (exact) mass is 789 g/mol. The summed E-state index contributed by atoms with van der Waals surface area (Å²) in [7, 11) is -0.962. The first-order valence-corrected chi connectivity index (χ1v) is 19.7. The summed E-state index contributed by atoms with van der Waals surface area (Å²) in [5, 5.41) is 38.3. The zero-order chi connectivity index (χ0) is 39.5. The molecule has 1 fully saturated rings. The number of para-hydroxylation sites is 1. The van der Waals surface area contributed by atoms with Crippen molar-refractivity contribution in [1.29, 1.82) is 5.26 Å². The second-order valence-corrected chi connectivity index (χ2v) is 15.1. The van der Waals surface area contributed by atoms with E-state index in [1.54, 1.807) is 43.3 Å². The molecule has 1 aliphatic heterocycles. The van der Waals surface area contributed by atoms with Crippen molar-refractivity contribution in [2.24, 2.45) is 10.9 Å². The third-order valence-corrected chi connectivity index (χ3v) is 10.8. The lowest BCUT2D eigenvalue weighted by molar-refractivity contribution is -0.153. The molecule has 3 aromatic rings. The number of hydrogen-bond donors (Lipinski definition) is 3. The van der Waals surface area contributed by atoms with Gasteiger partial charge >= 0.3 is 25.7 Å². The molecule has 292 valence electrons. The fourth-order valence-corrected chi connectivity index (χ4v) is 7.35. The van der Waals surface area contributed by atoms with Gasteiger partial charge in [-0.15, -0.1) is 11.8 Å². The number of carbonyl (C=O) groups is 3. The van der Waals surface area contributed by atoms with E-state index in [0.717, 1.165) is 24.6 Å². The van der Waals surface area contributed by atoms with Crippen molar-refractivity contribution in [1.82, 2.24) is 24.6 Å². The van der Waals surface area contributed by atoms with E-state index in [2.05, 4.69) is 20.2 Å². The summed E-state index contributed by atoms with van der Waals surface area (Å²) in [4.78, 5) is 47.1. The topological polar surface area (TPSA) is 236 Å². The van der Waals surface area contributed by atoms with Crippen LogP contribution in [-0.4, -0.2) is 117 Å². The predicted octanol–water partition coefficient (Wildman–Crippen LogP) is 3.32. The Bertz CT molecular complexity index is 1870. The second kappa shape index (κ2) is 19.1. The average Bonchev–Trinajstić information content (AvgIpc) is 3.69. The quantitative estimate of drug-likeness (QED) is 0.0644. The van der Waals surface area contributed by atoms with Gasteiger partial charge in [0.15, 0.2) is 11.9 Å². The van der Waals surface area contributed by atoms with E-state index in [0.29, 0.717) is 5.52 Å². The molecule has 18 nitrogen and oxygen atoms in total. The number of carboxylic acid groups (broad SMARTS) is 1. The number of aliphatic hydroxyl groups is 1. The summed E-state index contributed by atoms with van der Waals surface area (Å²) < 4.78 is 44.5. The van der Waals surface area contributed by atoms with Crippen molar-refractivity contribution < 1.29 is 52.4 Å². The first kappa shape index (κ1) is 42.2. The Labute approximate surface area is 316 Å². The molecule has 6 atom stereocenters. The highest BCUT2D eigenvalue weighted by molar-refractivity contribution is 8.00. The molecule has 0 radical (unpaired) electrons. The minimum Gasteiger partial charge on any atom is -0.481 e. The number of hydrogen-bond acceptors (Lipinski definition) is 15. The van der Waals surface area contributed by atoms with E-state index in [1.165, 1.54) is 42.3 Å². The maximum atomic E-state index is 14.4. The largest absolute Gasteiger partial charge is 0.481 e. The summed E-state index contributed by atoms with van der Waals surface area (Å²) in [6.07, 6.45) is -0.673. The molecule has 1 saturated heterocycles. The van der Waals surface area contributed by atoms with E-state index in [4.69, 9.17) is 28.4 Å². The van der Waals surface area contributed by atoms with Crippen molar-refractivity contribution in [2.45, 2.75) is 63.6 Å². The van der Waals surface area contributed by atoms with Gasteiger partial charge in [-0.1, -0.05) is 44.9 Å². The molecule has 0 saturated carbocycles. The number of carboxylic acids is 1. The van der Waals surface area contributed by atoms with Gasteiger partial charge in [0.2, 0.25) is 5.60 Å². The van der Waals surface area contributed by atoms with Crippen molar-refractivity contribution in [2.75, 3.05) is 38.8 Å². The Hall–Kier alpha value is -4.57. The third kappa shape index (κ3) is 10.6. The Kier molecular flexibility index (Phi) is 15.0. The van der Waals surface area contributed by atoms with Crippen LogP contribution in [-0.2, 0) is 43.3 Å². The van der Waals surface area contributed by atoms with E-state index < -0.39 is 73.7 Å². The molecule has 0 spiro atoms. The number of aliphatic carboxylic acids is 1. The van der Waals surface area contributed by atoms with Gasteiger partial charge in [0.1, 0.15) is 41.9 Å². The van der Waals surface area contributed by atoms with Gasteiger partial charge in [0.05, 0.1) is 36.8 Å². The molecular weight excluding hydrogens is 745 g/mol. The van der Waals surface area contributed by atoms with Crippen LogP contribution in [0.5, 0.6) is 5.75 Å². The molecule has 0 aliphatic carbocycles. The second-order valence-electron chi connectivity index (χ2n) is 12.5. The predicted molar refractivity (Wildman–Crippen MR) is 196 cm³/mol. The average molecular weight is 790 g/mol. The fourth-order valence-electron chi connectivity index (χ4n) is 5.34. The van der Waals surface area contributed by atoms with E-state index in [9.17, 15) is 29.3 Å². The molecule has 1 aliphatic rings. The zero-order valence-electron chi connectivity index (χ0n) is 30.4. The molecule has 0 amide bonds. The van der Waals surface area contributed by atoms with E-state index >= 15 is 0 Å². The molecule has 0 bridgehead atoms. The molecule has 2 aromatic heterocycles. The number of nitriles is 1. The number of benzene rings is 1. The molecule has 54 heavy (non-hydrogen) atoms. The molecule has 3 N–H and O–H groups in total. The number of esters is 2. The van der Waals surface area contributed by atoms with Crippen LogP contribution in [0.25, 0.3) is 5.52 Å². The van der Waals surface area contributed by atoms with E-state index in [-0.39, 0.29) is 29.8 Å². The minimum absolute atomic E-state index is 0.0238. The van der Waals surface area contributed by atoms with Crippen molar-refractivity contribution in [3.8, 4) is 11.8 Å². The Balaban J connectivity index is 1.67. The van der Waals surface area contributed by atoms with Crippen molar-refractivity contribution >= 4 is 55.1 Å². The third-order valence-electron chi connectivity index (χ3n) is 8.23. The smallest absolute Gasteiger partial charge is 0.459 e. The number of aromatic nitrogens is 3. The SMILES string of the molecule is CCC(CC)COC(=O)[C@H](C)N[P@](=O)(OC[C@H]1O[C@@](C#N)(c2ccc3c(N=CN(C)C)ncnn23)[C@H](O)[C@@H]1OC(=O)CSCC(=O)O)Oc1ccccc1. The summed E-state index contributed by atoms with van der Waals surface area (Å²) >= 11 is 0.756. The minimum atomic E-state index is -4.50. The summed E-state index contributed by atoms with van der Waals surface area (Å²) in [5.41, 5.74) is -1.87. The number of aliphatic imine (C=N–C) groups is 1. The molecule has 1 aromatic carbocycles. The number of rotatable bonds is 20. The van der Waals surface area contributed by atoms with Crippen LogP contribution in [0.2, 0.25) is 0 Å². The van der Waals surface area contributed by atoms with Crippen LogP contribution in [0.3, 0.4) is 0 Å². The Morgan fingerprint density at radius 3 is 2.57 bits per heavy atom. The standard InChI is InChI=1S/C34H44N7O11PS/c1-6-23(7-2)15-48-33(46)22(3)39-53(47,52-24-11-9-8-10-12-24)49-16-26-30(50-29(44)18-54-17-28(42)43)31(45)34(19-35,51-26)27-14-13-25-32(37-21-40(4)5)36-20-38-41(25)27/h8-14,20-23,26,30-31,45H,6-7,15-18H2,1-5H3,(H,39,47)(H,42,43)/t22-,26+,30+,31+,34-,53-/m0/s1. The lowest BCUT2D eigenvalue weighted by Gasteiger charge is -2.26. The number of carbonyl (C=O) groups excluding carboxylic acids is 2. The molecule has 3 heterocycles. The first-order chi connectivity index (χ1) is 25.8. The Morgan fingerprint density at radius 1 is 1.20 bits per heavy atom.